The molecule has 4 rings (SSSR count). The number of hydrogen-bond acceptors (Lipinski definition) is 5. The number of aliphatic carboxylic acids is 1. The van der Waals surface area contributed by atoms with Gasteiger partial charge in [-0.15, -0.1) is 11.8 Å². The Balaban J connectivity index is 2.05. The first-order valence-corrected chi connectivity index (χ1v) is 11.8. The highest BCUT2D eigenvalue weighted by molar-refractivity contribution is 8.00. The monoisotopic (exact) mass is 483 g/mol. The molecule has 0 radical (unpaired) electrons. The normalized spacial score (nSPS) is 16.2. The van der Waals surface area contributed by atoms with Crippen molar-refractivity contribution >= 4 is 29.5 Å². The SMILES string of the molecule is COc1ccc(-n2nc(C(C)(C)C)c3c2N(CC(=O)O)C(=O)CSC3c2cccc(F)c2)cc1. The summed E-state index contributed by atoms with van der Waals surface area (Å²) in [6.45, 7) is 5.52. The zero-order valence-corrected chi connectivity index (χ0v) is 20.2. The van der Waals surface area contributed by atoms with Crippen molar-refractivity contribution in [1.82, 2.24) is 9.78 Å². The van der Waals surface area contributed by atoms with Gasteiger partial charge < -0.3 is 9.84 Å². The minimum atomic E-state index is -1.13. The molecule has 0 fully saturated rings. The number of thioether (sulfide) groups is 1. The van der Waals surface area contributed by atoms with Gasteiger partial charge in [-0.3, -0.25) is 14.5 Å². The zero-order chi connectivity index (χ0) is 24.6. The van der Waals surface area contributed by atoms with Crippen LogP contribution in [0.4, 0.5) is 10.2 Å². The van der Waals surface area contributed by atoms with E-state index in [-0.39, 0.29) is 17.5 Å². The average Bonchev–Trinajstić information content (AvgIpc) is 3.12. The lowest BCUT2D eigenvalue weighted by Gasteiger charge is -2.24. The van der Waals surface area contributed by atoms with E-state index < -0.39 is 23.2 Å². The Labute approximate surface area is 201 Å². The van der Waals surface area contributed by atoms with Crippen molar-refractivity contribution in [1.29, 1.82) is 0 Å². The molecule has 9 heteroatoms. The van der Waals surface area contributed by atoms with Crippen molar-refractivity contribution in [3.05, 3.63) is 71.2 Å². The summed E-state index contributed by atoms with van der Waals surface area (Å²) in [5.74, 6) is -0.755. The number of halogens is 1. The number of hydrogen-bond donors (Lipinski definition) is 1. The molecule has 2 heterocycles. The van der Waals surface area contributed by atoms with Crippen LogP contribution in [-0.4, -0.2) is 46.2 Å². The number of carboxylic acids is 1. The number of amides is 1. The number of nitrogens with zero attached hydrogens (tertiary/aromatic N) is 3. The lowest BCUT2D eigenvalue weighted by Crippen LogP contribution is -2.38. The largest absolute Gasteiger partial charge is 0.497 e. The number of aromatic nitrogens is 2. The molecule has 0 aliphatic carbocycles. The maximum atomic E-state index is 14.2. The fourth-order valence-electron chi connectivity index (χ4n) is 4.04. The Morgan fingerprint density at radius 2 is 1.94 bits per heavy atom. The fourth-order valence-corrected chi connectivity index (χ4v) is 5.23. The fraction of sp³-hybridized carbons (Fsp3) is 0.320. The molecule has 1 aliphatic heterocycles. The number of benzene rings is 2. The lowest BCUT2D eigenvalue weighted by molar-refractivity contribution is -0.136. The number of anilines is 1. The molecule has 1 aromatic heterocycles. The molecule has 1 aliphatic rings. The number of ether oxygens (including phenoxy) is 1. The van der Waals surface area contributed by atoms with Gasteiger partial charge in [0.2, 0.25) is 5.91 Å². The van der Waals surface area contributed by atoms with Gasteiger partial charge in [-0.05, 0) is 42.0 Å². The molecular formula is C25H26FN3O4S. The first-order chi connectivity index (χ1) is 16.1. The first-order valence-electron chi connectivity index (χ1n) is 10.8. The summed E-state index contributed by atoms with van der Waals surface area (Å²) in [5.41, 5.74) is 2.34. The standard InChI is InChI=1S/C25H26FN3O4S/c1-25(2,3)23-21-22(15-6-5-7-16(26)12-15)34-14-19(30)28(13-20(31)32)24(21)29(27-23)17-8-10-18(33-4)11-9-17/h5-12,22H,13-14H2,1-4H3,(H,31,32). The summed E-state index contributed by atoms with van der Waals surface area (Å²) in [6.07, 6.45) is 0. The first kappa shape index (κ1) is 23.8. The van der Waals surface area contributed by atoms with Gasteiger partial charge >= 0.3 is 5.97 Å². The van der Waals surface area contributed by atoms with Crippen LogP contribution in [0.15, 0.2) is 48.5 Å². The molecule has 0 bridgehead atoms. The molecule has 1 amide bonds. The summed E-state index contributed by atoms with van der Waals surface area (Å²) in [7, 11) is 1.57. The molecule has 7 nitrogen and oxygen atoms in total. The number of carboxylic acid groups (broad SMARTS) is 1. The zero-order valence-electron chi connectivity index (χ0n) is 19.4. The molecule has 1 N–H and O–H groups in total. The molecule has 0 saturated carbocycles. The van der Waals surface area contributed by atoms with Gasteiger partial charge in [-0.1, -0.05) is 32.9 Å². The van der Waals surface area contributed by atoms with E-state index >= 15 is 0 Å². The smallest absolute Gasteiger partial charge is 0.323 e. The number of fused-ring (bicyclic) bond motifs is 1. The molecule has 0 saturated heterocycles. The highest BCUT2D eigenvalue weighted by Gasteiger charge is 2.40. The second-order valence-corrected chi connectivity index (χ2v) is 10.2. The molecule has 178 valence electrons. The number of carbonyl (C=O) groups excluding carboxylic acids is 1. The predicted molar refractivity (Wildman–Crippen MR) is 130 cm³/mol. The van der Waals surface area contributed by atoms with E-state index in [1.165, 1.54) is 28.8 Å². The van der Waals surface area contributed by atoms with Gasteiger partial charge in [0.05, 0.1) is 29.5 Å². The Morgan fingerprint density at radius 3 is 2.53 bits per heavy atom. The third-order valence-corrected chi connectivity index (χ3v) is 6.82. The van der Waals surface area contributed by atoms with Crippen LogP contribution in [0.1, 0.15) is 42.8 Å². The van der Waals surface area contributed by atoms with Gasteiger partial charge in [0, 0.05) is 11.0 Å². The molecule has 1 unspecified atom stereocenters. The van der Waals surface area contributed by atoms with E-state index in [2.05, 4.69) is 0 Å². The Kier molecular flexibility index (Phi) is 6.40. The molecule has 0 spiro atoms. The summed E-state index contributed by atoms with van der Waals surface area (Å²) < 4.78 is 21.1. The highest BCUT2D eigenvalue weighted by Crippen LogP contribution is 2.48. The van der Waals surface area contributed by atoms with Crippen LogP contribution >= 0.6 is 11.8 Å². The number of methoxy groups -OCH3 is 1. The van der Waals surface area contributed by atoms with Gasteiger partial charge in [0.25, 0.3) is 0 Å². The molecule has 34 heavy (non-hydrogen) atoms. The van der Waals surface area contributed by atoms with E-state index in [0.717, 1.165) is 0 Å². The third kappa shape index (κ3) is 4.52. The summed E-state index contributed by atoms with van der Waals surface area (Å²) in [6, 6.07) is 13.4. The second-order valence-electron chi connectivity index (χ2n) is 9.07. The Bertz CT molecular complexity index is 1230. The van der Waals surface area contributed by atoms with Crippen molar-refractivity contribution in [3.8, 4) is 11.4 Å². The predicted octanol–water partition coefficient (Wildman–Crippen LogP) is 4.57. The van der Waals surface area contributed by atoms with Crippen LogP contribution in [-0.2, 0) is 15.0 Å². The molecule has 3 aromatic rings. The van der Waals surface area contributed by atoms with Gasteiger partial charge in [0.1, 0.15) is 23.9 Å². The summed E-state index contributed by atoms with van der Waals surface area (Å²) in [5, 5.41) is 14.1. The van der Waals surface area contributed by atoms with Crippen molar-refractivity contribution < 1.29 is 23.8 Å². The van der Waals surface area contributed by atoms with Crippen LogP contribution in [0.25, 0.3) is 5.69 Å². The van der Waals surface area contributed by atoms with E-state index in [4.69, 9.17) is 9.84 Å². The van der Waals surface area contributed by atoms with E-state index in [1.807, 2.05) is 26.8 Å². The second kappa shape index (κ2) is 9.13. The van der Waals surface area contributed by atoms with Crippen LogP contribution in [0.3, 0.4) is 0 Å². The maximum absolute atomic E-state index is 14.2. The van der Waals surface area contributed by atoms with Gasteiger partial charge in [0.15, 0.2) is 0 Å². The molecular weight excluding hydrogens is 457 g/mol. The third-order valence-electron chi connectivity index (χ3n) is 5.56. The molecule has 2 aromatic carbocycles. The van der Waals surface area contributed by atoms with Gasteiger partial charge in [-0.25, -0.2) is 9.07 Å². The van der Waals surface area contributed by atoms with Gasteiger partial charge in [-0.2, -0.15) is 5.10 Å². The maximum Gasteiger partial charge on any atom is 0.323 e. The average molecular weight is 484 g/mol. The van der Waals surface area contributed by atoms with Crippen molar-refractivity contribution in [2.75, 3.05) is 24.3 Å². The van der Waals surface area contributed by atoms with E-state index in [1.54, 1.807) is 42.1 Å². The highest BCUT2D eigenvalue weighted by atomic mass is 32.2. The van der Waals surface area contributed by atoms with E-state index in [0.29, 0.717) is 34.1 Å². The summed E-state index contributed by atoms with van der Waals surface area (Å²) >= 11 is 1.35. The topological polar surface area (TPSA) is 84.7 Å². The van der Waals surface area contributed by atoms with Crippen molar-refractivity contribution in [2.24, 2.45) is 0 Å². The van der Waals surface area contributed by atoms with Crippen molar-refractivity contribution in [3.63, 3.8) is 0 Å². The minimum Gasteiger partial charge on any atom is -0.497 e. The molecule has 1 atom stereocenters. The van der Waals surface area contributed by atoms with E-state index in [9.17, 15) is 19.1 Å². The van der Waals surface area contributed by atoms with Crippen LogP contribution in [0.5, 0.6) is 5.75 Å². The van der Waals surface area contributed by atoms with Crippen molar-refractivity contribution in [2.45, 2.75) is 31.4 Å². The quantitative estimate of drug-likeness (QED) is 0.572. The number of carbonyl (C=O) groups is 2. The Morgan fingerprint density at radius 1 is 1.24 bits per heavy atom. The van der Waals surface area contributed by atoms with Crippen LogP contribution in [0.2, 0.25) is 0 Å². The lowest BCUT2D eigenvalue weighted by atomic mass is 9.87. The van der Waals surface area contributed by atoms with Crippen LogP contribution in [0, 0.1) is 5.82 Å². The number of rotatable bonds is 5. The summed E-state index contributed by atoms with van der Waals surface area (Å²) in [4.78, 5) is 26.2. The van der Waals surface area contributed by atoms with Crippen LogP contribution < -0.4 is 9.64 Å². The minimum absolute atomic E-state index is 0.0509. The Hall–Kier alpha value is -3.33.